The molecule has 1 aromatic heterocycles. The summed E-state index contributed by atoms with van der Waals surface area (Å²) < 4.78 is 7.39. The molecule has 2 aliphatic heterocycles. The first-order valence-corrected chi connectivity index (χ1v) is 9.54. The monoisotopic (exact) mass is 380 g/mol. The lowest BCUT2D eigenvalue weighted by molar-refractivity contribution is 0.0476. The van der Waals surface area contributed by atoms with Gasteiger partial charge in [0.25, 0.3) is 5.91 Å². The normalized spacial score (nSPS) is 24.8. The van der Waals surface area contributed by atoms with E-state index < -0.39 is 11.4 Å². The number of aromatic nitrogens is 1. The molecular weight excluding hydrogens is 360 g/mol. The van der Waals surface area contributed by atoms with Gasteiger partial charge < -0.3 is 19.3 Å². The molecule has 7 heteroatoms. The summed E-state index contributed by atoms with van der Waals surface area (Å²) in [4.78, 5) is 39.6. The van der Waals surface area contributed by atoms with Crippen molar-refractivity contribution in [3.8, 4) is 5.75 Å². The van der Waals surface area contributed by atoms with Gasteiger partial charge in [0, 0.05) is 18.8 Å². The van der Waals surface area contributed by atoms with E-state index in [-0.39, 0.29) is 41.6 Å². The lowest BCUT2D eigenvalue weighted by Crippen LogP contribution is -2.52. The SMILES string of the molecule is O=C(O)c1cn2c(c(OCc3ccccc3)c1=O)C(=O)N1[C@H]3CC[C@H](C3)[C@@H]1C2. The summed E-state index contributed by atoms with van der Waals surface area (Å²) in [7, 11) is 0. The van der Waals surface area contributed by atoms with Gasteiger partial charge >= 0.3 is 5.97 Å². The number of ether oxygens (including phenoxy) is 1. The van der Waals surface area contributed by atoms with Crippen LogP contribution >= 0.6 is 0 Å². The number of hydrogen-bond acceptors (Lipinski definition) is 4. The number of hydrogen-bond donors (Lipinski definition) is 1. The van der Waals surface area contributed by atoms with Crippen LogP contribution < -0.4 is 10.2 Å². The predicted molar refractivity (Wildman–Crippen MR) is 99.5 cm³/mol. The smallest absolute Gasteiger partial charge is 0.341 e. The number of nitrogens with zero attached hydrogens (tertiary/aromatic N) is 2. The highest BCUT2D eigenvalue weighted by molar-refractivity contribution is 5.98. The summed E-state index contributed by atoms with van der Waals surface area (Å²) >= 11 is 0. The largest absolute Gasteiger partial charge is 0.483 e. The minimum absolute atomic E-state index is 0.0740. The van der Waals surface area contributed by atoms with Gasteiger partial charge in [-0.1, -0.05) is 30.3 Å². The molecule has 2 aromatic rings. The Kier molecular flexibility index (Phi) is 3.79. The maximum Gasteiger partial charge on any atom is 0.341 e. The standard InChI is InChI=1S/C21H20N2O5/c24-18-15(21(26)27)9-22-10-16-13-6-7-14(8-13)23(16)20(25)17(22)19(18)28-11-12-4-2-1-3-5-12/h1-5,9,13-14,16H,6-8,10-11H2,(H,26,27)/t13-,14+,16+/m1/s1. The fourth-order valence-electron chi connectivity index (χ4n) is 4.99. The first-order chi connectivity index (χ1) is 13.5. The van der Waals surface area contributed by atoms with E-state index in [9.17, 15) is 19.5 Å². The highest BCUT2D eigenvalue weighted by Crippen LogP contribution is 2.46. The van der Waals surface area contributed by atoms with E-state index >= 15 is 0 Å². The molecule has 2 bridgehead atoms. The van der Waals surface area contributed by atoms with Crippen molar-refractivity contribution in [1.82, 2.24) is 9.47 Å². The predicted octanol–water partition coefficient (Wildman–Crippen LogP) is 2.13. The van der Waals surface area contributed by atoms with Gasteiger partial charge in [-0.2, -0.15) is 0 Å². The van der Waals surface area contributed by atoms with Crippen molar-refractivity contribution in [2.45, 2.75) is 44.5 Å². The topological polar surface area (TPSA) is 88.8 Å². The Balaban J connectivity index is 1.60. The highest BCUT2D eigenvalue weighted by Gasteiger charge is 2.51. The number of carbonyl (C=O) groups excluding carboxylic acids is 1. The number of aromatic carboxylic acids is 1. The average molecular weight is 380 g/mol. The highest BCUT2D eigenvalue weighted by atomic mass is 16.5. The molecule has 1 amide bonds. The van der Waals surface area contributed by atoms with E-state index in [1.54, 1.807) is 4.57 Å². The minimum atomic E-state index is -1.31. The zero-order valence-corrected chi connectivity index (χ0v) is 15.2. The van der Waals surface area contributed by atoms with E-state index in [2.05, 4.69) is 0 Å². The summed E-state index contributed by atoms with van der Waals surface area (Å²) in [5.74, 6) is -1.24. The fraction of sp³-hybridized carbons (Fsp3) is 0.381. The average Bonchev–Trinajstić information content (AvgIpc) is 3.30. The number of carboxylic acid groups (broad SMARTS) is 1. The van der Waals surface area contributed by atoms with Gasteiger partial charge in [-0.3, -0.25) is 9.59 Å². The van der Waals surface area contributed by atoms with Crippen LogP contribution in [0.5, 0.6) is 5.75 Å². The Morgan fingerprint density at radius 1 is 1.18 bits per heavy atom. The number of rotatable bonds is 4. The molecule has 1 aromatic carbocycles. The van der Waals surface area contributed by atoms with Crippen LogP contribution in [0.2, 0.25) is 0 Å². The van der Waals surface area contributed by atoms with Crippen LogP contribution in [-0.4, -0.2) is 38.5 Å². The molecule has 1 aliphatic carbocycles. The third kappa shape index (κ3) is 2.46. The molecule has 0 spiro atoms. The van der Waals surface area contributed by atoms with Crippen LogP contribution in [0, 0.1) is 5.92 Å². The number of carboxylic acids is 1. The van der Waals surface area contributed by atoms with Gasteiger partial charge in [-0.05, 0) is 30.7 Å². The number of amides is 1. The Bertz CT molecular complexity index is 1030. The second kappa shape index (κ2) is 6.22. The molecule has 2 fully saturated rings. The molecule has 0 unspecified atom stereocenters. The van der Waals surface area contributed by atoms with Gasteiger partial charge in [0.05, 0.1) is 6.04 Å². The van der Waals surface area contributed by atoms with Crippen molar-refractivity contribution >= 4 is 11.9 Å². The van der Waals surface area contributed by atoms with Crippen LogP contribution in [0.4, 0.5) is 0 Å². The van der Waals surface area contributed by atoms with Crippen molar-refractivity contribution in [2.24, 2.45) is 5.92 Å². The third-order valence-corrected chi connectivity index (χ3v) is 6.26. The van der Waals surface area contributed by atoms with E-state index in [1.807, 2.05) is 35.2 Å². The first kappa shape index (κ1) is 17.0. The Morgan fingerprint density at radius 3 is 2.71 bits per heavy atom. The number of pyridine rings is 1. The summed E-state index contributed by atoms with van der Waals surface area (Å²) in [6.07, 6.45) is 4.38. The molecule has 7 nitrogen and oxygen atoms in total. The summed E-state index contributed by atoms with van der Waals surface area (Å²) in [5.41, 5.74) is -0.0977. The van der Waals surface area contributed by atoms with Crippen LogP contribution in [0.15, 0.2) is 41.3 Å². The van der Waals surface area contributed by atoms with Crippen LogP contribution in [0.3, 0.4) is 0 Å². The van der Waals surface area contributed by atoms with Crippen molar-refractivity contribution < 1.29 is 19.4 Å². The van der Waals surface area contributed by atoms with E-state index in [4.69, 9.17) is 4.74 Å². The van der Waals surface area contributed by atoms with Crippen molar-refractivity contribution in [1.29, 1.82) is 0 Å². The molecule has 3 heterocycles. The van der Waals surface area contributed by atoms with Crippen LogP contribution in [0.25, 0.3) is 0 Å². The molecule has 0 radical (unpaired) electrons. The van der Waals surface area contributed by atoms with Crippen LogP contribution in [0.1, 0.15) is 45.7 Å². The maximum atomic E-state index is 13.3. The Hall–Kier alpha value is -3.09. The summed E-state index contributed by atoms with van der Waals surface area (Å²) in [6.45, 7) is 0.597. The number of benzene rings is 1. The molecule has 28 heavy (non-hydrogen) atoms. The lowest BCUT2D eigenvalue weighted by Gasteiger charge is -2.40. The molecule has 5 rings (SSSR count). The van der Waals surface area contributed by atoms with Gasteiger partial charge in [-0.15, -0.1) is 0 Å². The van der Waals surface area contributed by atoms with Crippen molar-refractivity contribution in [3.63, 3.8) is 0 Å². The zero-order valence-electron chi connectivity index (χ0n) is 15.2. The van der Waals surface area contributed by atoms with Crippen molar-refractivity contribution in [2.75, 3.05) is 0 Å². The van der Waals surface area contributed by atoms with Gasteiger partial charge in [0.1, 0.15) is 12.2 Å². The molecule has 3 aliphatic rings. The number of fused-ring (bicyclic) bond motifs is 6. The minimum Gasteiger partial charge on any atom is -0.483 e. The zero-order chi connectivity index (χ0) is 19.4. The van der Waals surface area contributed by atoms with Gasteiger partial charge in [0.2, 0.25) is 5.43 Å². The second-order valence-electron chi connectivity index (χ2n) is 7.79. The number of piperidine rings is 1. The molecule has 1 saturated heterocycles. The van der Waals surface area contributed by atoms with Crippen LogP contribution in [-0.2, 0) is 13.2 Å². The molecule has 144 valence electrons. The second-order valence-corrected chi connectivity index (χ2v) is 7.79. The molecule has 1 saturated carbocycles. The quantitative estimate of drug-likeness (QED) is 0.878. The molecule has 1 N–H and O–H groups in total. The van der Waals surface area contributed by atoms with Crippen molar-refractivity contribution in [3.05, 3.63) is 63.6 Å². The van der Waals surface area contributed by atoms with Gasteiger partial charge in [0.15, 0.2) is 11.4 Å². The van der Waals surface area contributed by atoms with Gasteiger partial charge in [-0.25, -0.2) is 4.79 Å². The lowest BCUT2D eigenvalue weighted by atomic mass is 9.95. The fourth-order valence-corrected chi connectivity index (χ4v) is 4.99. The summed E-state index contributed by atoms with van der Waals surface area (Å²) in [6, 6.07) is 9.57. The Morgan fingerprint density at radius 2 is 1.96 bits per heavy atom. The number of carbonyl (C=O) groups is 2. The Labute approximate surface area is 161 Å². The molecular formula is C21H20N2O5. The van der Waals surface area contributed by atoms with E-state index in [1.165, 1.54) is 6.20 Å². The third-order valence-electron chi connectivity index (χ3n) is 6.26. The first-order valence-electron chi connectivity index (χ1n) is 9.54. The maximum absolute atomic E-state index is 13.3. The summed E-state index contributed by atoms with van der Waals surface area (Å²) in [5, 5.41) is 9.47. The van der Waals surface area contributed by atoms with E-state index in [0.717, 1.165) is 24.8 Å². The molecule has 3 atom stereocenters. The van der Waals surface area contributed by atoms with E-state index in [0.29, 0.717) is 12.5 Å².